The summed E-state index contributed by atoms with van der Waals surface area (Å²) in [6.07, 6.45) is -2.13. The van der Waals surface area contributed by atoms with Gasteiger partial charge >= 0.3 is 5.97 Å². The molecule has 0 aromatic rings. The van der Waals surface area contributed by atoms with Gasteiger partial charge in [-0.2, -0.15) is 5.26 Å². The number of alkyl halides is 2. The Morgan fingerprint density at radius 3 is 2.82 bits per heavy atom. The van der Waals surface area contributed by atoms with Crippen LogP contribution in [0, 0.1) is 17.2 Å². The summed E-state index contributed by atoms with van der Waals surface area (Å²) in [4.78, 5) is 12.6. The molecule has 0 radical (unpaired) electrons. The second-order valence-corrected chi connectivity index (χ2v) is 4.12. The number of nitrogens with one attached hydrogen (secondary N) is 1. The number of nitrogens with zero attached hydrogens (tertiary/aromatic N) is 2. The minimum Gasteiger partial charge on any atom is -0.481 e. The second kappa shape index (κ2) is 6.47. The standard InChI is InChI=1S/C10H15F2N3O2/c11-9(12)4-14-8-3-7(10(16)17)5-15(6-8)2-1-13/h7-9,14H,2-6H2,(H,16,17). The molecule has 1 fully saturated rings. The van der Waals surface area contributed by atoms with Crippen LogP contribution in [0.1, 0.15) is 6.42 Å². The van der Waals surface area contributed by atoms with Crippen LogP contribution < -0.4 is 5.32 Å². The SMILES string of the molecule is N#CCN1CC(NCC(F)F)CC(C(=O)O)C1. The van der Waals surface area contributed by atoms with Crippen LogP contribution in [0.25, 0.3) is 0 Å². The number of aliphatic carboxylic acids is 1. The average Bonchev–Trinajstić information content (AvgIpc) is 2.26. The highest BCUT2D eigenvalue weighted by molar-refractivity contribution is 5.70. The highest BCUT2D eigenvalue weighted by atomic mass is 19.3. The molecule has 2 unspecified atom stereocenters. The van der Waals surface area contributed by atoms with Gasteiger partial charge in [-0.25, -0.2) is 8.78 Å². The van der Waals surface area contributed by atoms with Crippen molar-refractivity contribution in [3.05, 3.63) is 0 Å². The van der Waals surface area contributed by atoms with E-state index in [0.29, 0.717) is 19.5 Å². The van der Waals surface area contributed by atoms with Crippen molar-refractivity contribution in [2.24, 2.45) is 5.92 Å². The van der Waals surface area contributed by atoms with E-state index in [4.69, 9.17) is 10.4 Å². The van der Waals surface area contributed by atoms with Gasteiger partial charge in [-0.1, -0.05) is 0 Å². The Labute approximate surface area is 98.0 Å². The van der Waals surface area contributed by atoms with Crippen molar-refractivity contribution in [1.29, 1.82) is 5.26 Å². The Hall–Kier alpha value is -1.26. The monoisotopic (exact) mass is 247 g/mol. The zero-order chi connectivity index (χ0) is 12.8. The van der Waals surface area contributed by atoms with E-state index >= 15 is 0 Å². The van der Waals surface area contributed by atoms with E-state index in [1.165, 1.54) is 0 Å². The quantitative estimate of drug-likeness (QED) is 0.676. The van der Waals surface area contributed by atoms with Crippen molar-refractivity contribution in [2.45, 2.75) is 18.9 Å². The topological polar surface area (TPSA) is 76.4 Å². The van der Waals surface area contributed by atoms with Gasteiger partial charge in [-0.3, -0.25) is 9.69 Å². The minimum absolute atomic E-state index is 0.122. The number of likely N-dealkylation sites (tertiary alicyclic amines) is 1. The number of halogens is 2. The molecule has 17 heavy (non-hydrogen) atoms. The molecular weight excluding hydrogens is 232 g/mol. The number of hydrogen-bond donors (Lipinski definition) is 2. The van der Waals surface area contributed by atoms with Gasteiger partial charge in [0.05, 0.1) is 25.1 Å². The van der Waals surface area contributed by atoms with Gasteiger partial charge < -0.3 is 10.4 Å². The molecule has 0 aliphatic carbocycles. The molecule has 1 heterocycles. The molecule has 2 N–H and O–H groups in total. The van der Waals surface area contributed by atoms with Gasteiger partial charge in [-0.15, -0.1) is 0 Å². The molecule has 0 aromatic heterocycles. The third kappa shape index (κ3) is 4.63. The van der Waals surface area contributed by atoms with Crippen LogP contribution in [0.4, 0.5) is 8.78 Å². The molecule has 1 aliphatic rings. The summed E-state index contributed by atoms with van der Waals surface area (Å²) in [6, 6.07) is 1.64. The van der Waals surface area contributed by atoms with E-state index in [9.17, 15) is 13.6 Å². The van der Waals surface area contributed by atoms with Gasteiger partial charge in [0.25, 0.3) is 6.43 Å². The van der Waals surface area contributed by atoms with Crippen LogP contribution in [-0.4, -0.2) is 54.6 Å². The summed E-state index contributed by atoms with van der Waals surface area (Å²) in [6.45, 7) is 0.411. The molecule has 0 saturated carbocycles. The smallest absolute Gasteiger partial charge is 0.307 e. The van der Waals surface area contributed by atoms with Crippen molar-refractivity contribution in [3.8, 4) is 6.07 Å². The van der Waals surface area contributed by atoms with Gasteiger partial charge in [0.1, 0.15) is 0 Å². The van der Waals surface area contributed by atoms with Gasteiger partial charge in [-0.05, 0) is 6.42 Å². The third-order valence-corrected chi connectivity index (χ3v) is 2.73. The summed E-state index contributed by atoms with van der Waals surface area (Å²) in [5, 5.41) is 20.1. The molecule has 5 nitrogen and oxygen atoms in total. The molecule has 0 amide bonds. The molecule has 1 saturated heterocycles. The maximum atomic E-state index is 12.0. The van der Waals surface area contributed by atoms with Crippen LogP contribution in [0.15, 0.2) is 0 Å². The zero-order valence-corrected chi connectivity index (χ0v) is 9.27. The van der Waals surface area contributed by atoms with Crippen LogP contribution in [0.3, 0.4) is 0 Å². The third-order valence-electron chi connectivity index (χ3n) is 2.73. The highest BCUT2D eigenvalue weighted by Gasteiger charge is 2.31. The number of nitriles is 1. The van der Waals surface area contributed by atoms with Crippen LogP contribution in [0.5, 0.6) is 0 Å². The Morgan fingerprint density at radius 1 is 1.59 bits per heavy atom. The lowest BCUT2D eigenvalue weighted by Crippen LogP contribution is -2.51. The summed E-state index contributed by atoms with van der Waals surface area (Å²) in [7, 11) is 0. The first-order valence-electron chi connectivity index (χ1n) is 5.36. The van der Waals surface area contributed by atoms with Crippen LogP contribution in [0.2, 0.25) is 0 Å². The van der Waals surface area contributed by atoms with Crippen molar-refractivity contribution >= 4 is 5.97 Å². The van der Waals surface area contributed by atoms with Crippen LogP contribution in [-0.2, 0) is 4.79 Å². The minimum atomic E-state index is -2.45. The van der Waals surface area contributed by atoms with Crippen molar-refractivity contribution in [2.75, 3.05) is 26.2 Å². The van der Waals surface area contributed by atoms with Gasteiger partial charge in [0.2, 0.25) is 0 Å². The van der Waals surface area contributed by atoms with Crippen molar-refractivity contribution in [1.82, 2.24) is 10.2 Å². The van der Waals surface area contributed by atoms with Gasteiger partial charge in [0.15, 0.2) is 0 Å². The molecule has 1 aliphatic heterocycles. The lowest BCUT2D eigenvalue weighted by atomic mass is 9.94. The normalized spacial score (nSPS) is 25.8. The molecule has 7 heteroatoms. The molecule has 2 atom stereocenters. The van der Waals surface area contributed by atoms with Crippen molar-refractivity contribution in [3.63, 3.8) is 0 Å². The molecule has 1 rings (SSSR count). The molecule has 0 aromatic carbocycles. The van der Waals surface area contributed by atoms with Gasteiger partial charge in [0, 0.05) is 19.1 Å². The number of hydrogen-bond acceptors (Lipinski definition) is 4. The molecule has 96 valence electrons. The maximum Gasteiger partial charge on any atom is 0.307 e. The average molecular weight is 247 g/mol. The summed E-state index contributed by atoms with van der Waals surface area (Å²) < 4.78 is 24.1. The number of carboxylic acids is 1. The fourth-order valence-electron chi connectivity index (χ4n) is 2.00. The van der Waals surface area contributed by atoms with E-state index in [2.05, 4.69) is 5.32 Å². The first-order chi connectivity index (χ1) is 8.02. The second-order valence-electron chi connectivity index (χ2n) is 4.12. The summed E-state index contributed by atoms with van der Waals surface area (Å²) >= 11 is 0. The Balaban J connectivity index is 2.52. The fraction of sp³-hybridized carbons (Fsp3) is 0.800. The van der Waals surface area contributed by atoms with E-state index in [1.807, 2.05) is 6.07 Å². The number of carbonyl (C=O) groups is 1. The number of piperidine rings is 1. The van der Waals surface area contributed by atoms with E-state index in [-0.39, 0.29) is 12.6 Å². The van der Waals surface area contributed by atoms with Crippen LogP contribution >= 0.6 is 0 Å². The lowest BCUT2D eigenvalue weighted by molar-refractivity contribution is -0.143. The summed E-state index contributed by atoms with van der Waals surface area (Å²) in [5.41, 5.74) is 0. The molecule has 0 spiro atoms. The zero-order valence-electron chi connectivity index (χ0n) is 9.27. The Bertz CT molecular complexity index is 306. The maximum absolute atomic E-state index is 12.0. The van der Waals surface area contributed by atoms with E-state index in [1.54, 1.807) is 4.90 Å². The molecule has 0 bridgehead atoms. The Morgan fingerprint density at radius 2 is 2.29 bits per heavy atom. The largest absolute Gasteiger partial charge is 0.481 e. The number of rotatable bonds is 5. The first kappa shape index (κ1) is 13.8. The van der Waals surface area contributed by atoms with Crippen molar-refractivity contribution < 1.29 is 18.7 Å². The number of carboxylic acid groups (broad SMARTS) is 1. The van der Waals surface area contributed by atoms with E-state index < -0.39 is 24.9 Å². The predicted molar refractivity (Wildman–Crippen MR) is 55.6 cm³/mol. The Kier molecular flexibility index (Phi) is 5.25. The first-order valence-corrected chi connectivity index (χ1v) is 5.36. The summed E-state index contributed by atoms with van der Waals surface area (Å²) in [5.74, 6) is -1.55. The fourth-order valence-corrected chi connectivity index (χ4v) is 2.00. The lowest BCUT2D eigenvalue weighted by Gasteiger charge is -2.35. The predicted octanol–water partition coefficient (Wildman–Crippen LogP) is 0.140. The highest BCUT2D eigenvalue weighted by Crippen LogP contribution is 2.17. The molecular formula is C10H15F2N3O2. The van der Waals surface area contributed by atoms with E-state index in [0.717, 1.165) is 0 Å².